The van der Waals surface area contributed by atoms with Crippen LogP contribution >= 0.6 is 23.2 Å². The first-order chi connectivity index (χ1) is 14.6. The van der Waals surface area contributed by atoms with Gasteiger partial charge in [-0.05, 0) is 42.5 Å². The summed E-state index contributed by atoms with van der Waals surface area (Å²) in [5.41, 5.74) is 2.59. The van der Waals surface area contributed by atoms with E-state index in [-0.39, 0.29) is 18.9 Å². The molecule has 0 radical (unpaired) electrons. The molecule has 166 valence electrons. The summed E-state index contributed by atoms with van der Waals surface area (Å²) >= 11 is 12.0. The van der Waals surface area contributed by atoms with Crippen LogP contribution in [0.15, 0.2) is 42.5 Å². The molecule has 2 aromatic rings. The van der Waals surface area contributed by atoms with Crippen LogP contribution in [0.3, 0.4) is 0 Å². The Morgan fingerprint density at radius 1 is 1.03 bits per heavy atom. The fourth-order valence-corrected chi connectivity index (χ4v) is 3.64. The van der Waals surface area contributed by atoms with Crippen LogP contribution in [0.25, 0.3) is 0 Å². The zero-order valence-corrected chi connectivity index (χ0v) is 19.2. The molecule has 0 aliphatic carbocycles. The Morgan fingerprint density at radius 2 is 1.68 bits per heavy atom. The van der Waals surface area contributed by atoms with E-state index in [0.717, 1.165) is 11.1 Å². The average molecular weight is 465 g/mol. The Balaban J connectivity index is 2.06. The highest BCUT2D eigenvalue weighted by Gasteiger charge is 2.34. The molecule has 0 saturated carbocycles. The van der Waals surface area contributed by atoms with Crippen molar-refractivity contribution in [2.24, 2.45) is 11.8 Å². The number of carbonyl (C=O) groups is 2. The van der Waals surface area contributed by atoms with Crippen LogP contribution in [-0.2, 0) is 22.6 Å². The first-order valence-corrected chi connectivity index (χ1v) is 10.8. The van der Waals surface area contributed by atoms with E-state index in [1.54, 1.807) is 32.0 Å². The second-order valence-corrected chi connectivity index (χ2v) is 8.74. The lowest BCUT2D eigenvalue weighted by molar-refractivity contribution is -0.137. The lowest BCUT2D eigenvalue weighted by atomic mass is 9.75. The molecule has 0 aliphatic heterocycles. The SMILES string of the molecule is Cc1ccc(CC(NC(=O)C(C(=O)NCc2ccc(Cl)cc2Cl)C(C)C)B(O)O)cc1. The zero-order valence-electron chi connectivity index (χ0n) is 17.7. The van der Waals surface area contributed by atoms with Gasteiger partial charge in [0, 0.05) is 16.6 Å². The lowest BCUT2D eigenvalue weighted by Crippen LogP contribution is -2.53. The summed E-state index contributed by atoms with van der Waals surface area (Å²) < 4.78 is 0. The molecule has 0 bridgehead atoms. The second kappa shape index (κ2) is 11.5. The van der Waals surface area contributed by atoms with Gasteiger partial charge in [-0.2, -0.15) is 0 Å². The number of hydrogen-bond donors (Lipinski definition) is 4. The molecule has 2 aromatic carbocycles. The lowest BCUT2D eigenvalue weighted by Gasteiger charge is -2.24. The molecule has 0 aliphatic rings. The average Bonchev–Trinajstić information content (AvgIpc) is 2.68. The molecule has 0 saturated heterocycles. The smallest absolute Gasteiger partial charge is 0.426 e. The third kappa shape index (κ3) is 7.54. The zero-order chi connectivity index (χ0) is 23.1. The van der Waals surface area contributed by atoms with Crippen LogP contribution < -0.4 is 10.6 Å². The number of nitrogens with one attached hydrogen (secondary N) is 2. The fourth-order valence-electron chi connectivity index (χ4n) is 3.16. The van der Waals surface area contributed by atoms with Crippen LogP contribution in [0, 0.1) is 18.8 Å². The summed E-state index contributed by atoms with van der Waals surface area (Å²) in [5, 5.41) is 25.8. The van der Waals surface area contributed by atoms with Crippen molar-refractivity contribution >= 4 is 42.1 Å². The van der Waals surface area contributed by atoms with Gasteiger partial charge < -0.3 is 20.7 Å². The highest BCUT2D eigenvalue weighted by molar-refractivity contribution is 6.43. The van der Waals surface area contributed by atoms with Crippen molar-refractivity contribution in [2.45, 2.75) is 39.7 Å². The van der Waals surface area contributed by atoms with Crippen molar-refractivity contribution in [1.29, 1.82) is 0 Å². The van der Waals surface area contributed by atoms with Crippen LogP contribution in [0.5, 0.6) is 0 Å². The normalized spacial score (nSPS) is 12.9. The predicted molar refractivity (Wildman–Crippen MR) is 124 cm³/mol. The molecule has 2 amide bonds. The minimum absolute atomic E-state index is 0.140. The van der Waals surface area contributed by atoms with Crippen LogP contribution in [-0.4, -0.2) is 34.9 Å². The molecule has 0 aromatic heterocycles. The number of aryl methyl sites for hydroxylation is 1. The van der Waals surface area contributed by atoms with Crippen molar-refractivity contribution in [3.8, 4) is 0 Å². The van der Waals surface area contributed by atoms with E-state index in [0.29, 0.717) is 15.6 Å². The van der Waals surface area contributed by atoms with E-state index >= 15 is 0 Å². The van der Waals surface area contributed by atoms with Gasteiger partial charge in [-0.1, -0.05) is 72.9 Å². The molecule has 2 atom stereocenters. The maximum Gasteiger partial charge on any atom is 0.475 e. The quantitative estimate of drug-likeness (QED) is 0.338. The van der Waals surface area contributed by atoms with Crippen LogP contribution in [0.4, 0.5) is 0 Å². The molecule has 0 spiro atoms. The number of hydrogen-bond acceptors (Lipinski definition) is 4. The predicted octanol–water partition coefficient (Wildman–Crippen LogP) is 2.93. The summed E-state index contributed by atoms with van der Waals surface area (Å²) in [7, 11) is -1.77. The van der Waals surface area contributed by atoms with Crippen molar-refractivity contribution in [3.05, 3.63) is 69.2 Å². The second-order valence-electron chi connectivity index (χ2n) is 7.89. The highest BCUT2D eigenvalue weighted by Crippen LogP contribution is 2.21. The standard InChI is InChI=1S/C22H27BCl2N2O4/c1-13(2)20(21(28)26-12-16-8-9-17(24)11-18(16)25)22(29)27-19(23(30)31)10-15-6-4-14(3)5-7-15/h4-9,11,13,19-20,30-31H,10,12H2,1-3H3,(H,26,28)(H,27,29). The minimum Gasteiger partial charge on any atom is -0.426 e. The summed E-state index contributed by atoms with van der Waals surface area (Å²) in [6.45, 7) is 5.60. The number of carbonyl (C=O) groups excluding carboxylic acids is 2. The van der Waals surface area contributed by atoms with E-state index in [1.165, 1.54) is 0 Å². The minimum atomic E-state index is -1.77. The number of benzene rings is 2. The Bertz CT molecular complexity index is 907. The van der Waals surface area contributed by atoms with Crippen molar-refractivity contribution in [3.63, 3.8) is 0 Å². The molecular weight excluding hydrogens is 438 g/mol. The van der Waals surface area contributed by atoms with Gasteiger partial charge in [-0.3, -0.25) is 9.59 Å². The molecular formula is C22H27BCl2N2O4. The van der Waals surface area contributed by atoms with Gasteiger partial charge in [0.15, 0.2) is 0 Å². The first-order valence-electron chi connectivity index (χ1n) is 10.0. The maximum atomic E-state index is 12.9. The summed E-state index contributed by atoms with van der Waals surface area (Å²) in [4.78, 5) is 25.6. The number of halogens is 2. The van der Waals surface area contributed by atoms with Gasteiger partial charge >= 0.3 is 7.12 Å². The van der Waals surface area contributed by atoms with Crippen molar-refractivity contribution in [1.82, 2.24) is 10.6 Å². The molecule has 0 heterocycles. The maximum absolute atomic E-state index is 12.9. The van der Waals surface area contributed by atoms with Crippen LogP contribution in [0.2, 0.25) is 10.0 Å². The monoisotopic (exact) mass is 464 g/mol. The van der Waals surface area contributed by atoms with E-state index in [4.69, 9.17) is 23.2 Å². The molecule has 31 heavy (non-hydrogen) atoms. The van der Waals surface area contributed by atoms with E-state index in [9.17, 15) is 19.6 Å². The van der Waals surface area contributed by atoms with E-state index in [1.807, 2.05) is 31.2 Å². The summed E-state index contributed by atoms with van der Waals surface area (Å²) in [5.74, 6) is -3.31. The van der Waals surface area contributed by atoms with Crippen molar-refractivity contribution in [2.75, 3.05) is 0 Å². The molecule has 4 N–H and O–H groups in total. The summed E-state index contributed by atoms with van der Waals surface area (Å²) in [6, 6.07) is 12.5. The number of amides is 2. The van der Waals surface area contributed by atoms with E-state index in [2.05, 4.69) is 10.6 Å². The Labute approximate surface area is 193 Å². The van der Waals surface area contributed by atoms with Crippen LogP contribution in [0.1, 0.15) is 30.5 Å². The van der Waals surface area contributed by atoms with Gasteiger partial charge in [-0.15, -0.1) is 0 Å². The molecule has 6 nitrogen and oxygen atoms in total. The van der Waals surface area contributed by atoms with Crippen molar-refractivity contribution < 1.29 is 19.6 Å². The topological polar surface area (TPSA) is 98.7 Å². The van der Waals surface area contributed by atoms with Gasteiger partial charge in [0.25, 0.3) is 0 Å². The third-order valence-corrected chi connectivity index (χ3v) is 5.55. The van der Waals surface area contributed by atoms with Gasteiger partial charge in [0.1, 0.15) is 5.92 Å². The first kappa shape index (κ1) is 25.2. The Hall–Kier alpha value is -2.06. The Morgan fingerprint density at radius 3 is 2.23 bits per heavy atom. The van der Waals surface area contributed by atoms with Gasteiger partial charge in [0.2, 0.25) is 11.8 Å². The number of rotatable bonds is 9. The molecule has 2 rings (SSSR count). The van der Waals surface area contributed by atoms with Gasteiger partial charge in [0.05, 0.1) is 5.94 Å². The fraction of sp³-hybridized carbons (Fsp3) is 0.364. The largest absolute Gasteiger partial charge is 0.475 e. The third-order valence-electron chi connectivity index (χ3n) is 4.96. The summed E-state index contributed by atoms with van der Waals surface area (Å²) in [6.07, 6.45) is 0.219. The molecule has 2 unspecified atom stereocenters. The Kier molecular flexibility index (Phi) is 9.38. The van der Waals surface area contributed by atoms with E-state index < -0.39 is 30.8 Å². The molecule has 9 heteroatoms. The highest BCUT2D eigenvalue weighted by atomic mass is 35.5. The van der Waals surface area contributed by atoms with Gasteiger partial charge in [-0.25, -0.2) is 0 Å². The molecule has 0 fully saturated rings.